The maximum atomic E-state index is 2.39. The van der Waals surface area contributed by atoms with Crippen LogP contribution in [0, 0.1) is 23.7 Å². The lowest BCUT2D eigenvalue weighted by Crippen LogP contribution is -1.82. The molecule has 0 spiro atoms. The summed E-state index contributed by atoms with van der Waals surface area (Å²) in [5.74, 6) is 4.44. The van der Waals surface area contributed by atoms with E-state index in [4.69, 9.17) is 0 Å². The summed E-state index contributed by atoms with van der Waals surface area (Å²) < 4.78 is 0. The van der Waals surface area contributed by atoms with Crippen molar-refractivity contribution in [2.24, 2.45) is 23.7 Å². The fourth-order valence-electron chi connectivity index (χ4n) is 1.84. The van der Waals surface area contributed by atoms with Crippen molar-refractivity contribution < 1.29 is 0 Å². The fraction of sp³-hybridized carbons (Fsp3) is 1.00. The van der Waals surface area contributed by atoms with Crippen LogP contribution < -0.4 is 0 Å². The Kier molecular flexibility index (Phi) is 1.12. The van der Waals surface area contributed by atoms with E-state index in [1.54, 1.807) is 6.42 Å². The van der Waals surface area contributed by atoms with E-state index < -0.39 is 0 Å². The van der Waals surface area contributed by atoms with Crippen LogP contribution in [0.15, 0.2) is 0 Å². The quantitative estimate of drug-likeness (QED) is 0.531. The van der Waals surface area contributed by atoms with Gasteiger partial charge in [-0.05, 0) is 42.9 Å². The van der Waals surface area contributed by atoms with Gasteiger partial charge < -0.3 is 0 Å². The second kappa shape index (κ2) is 1.74. The van der Waals surface area contributed by atoms with Gasteiger partial charge in [-0.3, -0.25) is 0 Å². The van der Waals surface area contributed by atoms with Crippen LogP contribution in [-0.2, 0) is 0 Å². The minimum Gasteiger partial charge on any atom is -0.0622 e. The largest absolute Gasteiger partial charge is 0.0622 e. The van der Waals surface area contributed by atoms with Crippen LogP contribution in [0.1, 0.15) is 33.1 Å². The monoisotopic (exact) mass is 124 g/mol. The van der Waals surface area contributed by atoms with Gasteiger partial charge in [0.15, 0.2) is 0 Å². The van der Waals surface area contributed by atoms with Crippen LogP contribution in [0.3, 0.4) is 0 Å². The lowest BCUT2D eigenvalue weighted by Gasteiger charge is -1.91. The minimum atomic E-state index is 1.08. The molecule has 0 radical (unpaired) electrons. The van der Waals surface area contributed by atoms with Crippen molar-refractivity contribution in [3.8, 4) is 0 Å². The Labute approximate surface area is 57.6 Å². The van der Waals surface area contributed by atoms with Gasteiger partial charge >= 0.3 is 0 Å². The van der Waals surface area contributed by atoms with Crippen molar-refractivity contribution in [1.29, 1.82) is 0 Å². The fourth-order valence-corrected chi connectivity index (χ4v) is 1.84. The van der Waals surface area contributed by atoms with Crippen LogP contribution in [0.5, 0.6) is 0 Å². The summed E-state index contributed by atoms with van der Waals surface area (Å²) in [6, 6.07) is 0. The summed E-state index contributed by atoms with van der Waals surface area (Å²) in [5.41, 5.74) is 0. The molecule has 2 fully saturated rings. The summed E-state index contributed by atoms with van der Waals surface area (Å²) >= 11 is 0. The molecular weight excluding hydrogens is 108 g/mol. The molecule has 0 heterocycles. The molecule has 0 aromatic carbocycles. The summed E-state index contributed by atoms with van der Waals surface area (Å²) in [6.07, 6.45) is 4.62. The second-order valence-corrected chi connectivity index (χ2v) is 4.18. The van der Waals surface area contributed by atoms with Crippen LogP contribution in [0.2, 0.25) is 0 Å². The van der Waals surface area contributed by atoms with Gasteiger partial charge in [-0.1, -0.05) is 13.8 Å². The van der Waals surface area contributed by atoms with Crippen molar-refractivity contribution in [2.75, 3.05) is 0 Å². The number of hydrogen-bond donors (Lipinski definition) is 0. The first-order chi connectivity index (χ1) is 4.27. The zero-order chi connectivity index (χ0) is 6.43. The van der Waals surface area contributed by atoms with Crippen molar-refractivity contribution in [3.63, 3.8) is 0 Å². The van der Waals surface area contributed by atoms with Crippen molar-refractivity contribution in [2.45, 2.75) is 33.1 Å². The van der Waals surface area contributed by atoms with E-state index in [0.717, 1.165) is 23.7 Å². The van der Waals surface area contributed by atoms with E-state index >= 15 is 0 Å². The van der Waals surface area contributed by atoms with E-state index in [9.17, 15) is 0 Å². The Morgan fingerprint density at radius 2 is 1.33 bits per heavy atom. The van der Waals surface area contributed by atoms with Crippen LogP contribution in [0.4, 0.5) is 0 Å². The highest BCUT2D eigenvalue weighted by molar-refractivity contribution is 4.91. The Morgan fingerprint density at radius 1 is 1.00 bits per heavy atom. The normalized spacial score (nSPS) is 55.3. The maximum absolute atomic E-state index is 2.39. The van der Waals surface area contributed by atoms with Crippen molar-refractivity contribution >= 4 is 0 Å². The molecule has 0 nitrogen and oxygen atoms in total. The molecule has 2 aliphatic carbocycles. The summed E-state index contributed by atoms with van der Waals surface area (Å²) in [5, 5.41) is 0. The van der Waals surface area contributed by atoms with E-state index in [1.165, 1.54) is 12.8 Å². The highest BCUT2D eigenvalue weighted by atomic mass is 14.5. The molecular formula is C9H16. The van der Waals surface area contributed by atoms with Gasteiger partial charge in [0.2, 0.25) is 0 Å². The first kappa shape index (κ1) is 5.76. The molecule has 0 heteroatoms. The van der Waals surface area contributed by atoms with Crippen LogP contribution in [-0.4, -0.2) is 0 Å². The zero-order valence-corrected chi connectivity index (χ0v) is 6.43. The van der Waals surface area contributed by atoms with Gasteiger partial charge in [0.25, 0.3) is 0 Å². The highest BCUT2D eigenvalue weighted by Gasteiger charge is 2.41. The molecule has 4 atom stereocenters. The third-order valence-electron chi connectivity index (χ3n) is 3.16. The second-order valence-electron chi connectivity index (χ2n) is 4.18. The third-order valence-corrected chi connectivity index (χ3v) is 3.16. The lowest BCUT2D eigenvalue weighted by molar-refractivity contribution is 0.586. The van der Waals surface area contributed by atoms with E-state index in [1.807, 2.05) is 0 Å². The molecule has 9 heavy (non-hydrogen) atoms. The predicted molar refractivity (Wildman–Crippen MR) is 39.2 cm³/mol. The Hall–Kier alpha value is 0. The molecule has 0 aliphatic heterocycles. The third kappa shape index (κ3) is 1.12. The Bertz CT molecular complexity index is 103. The average Bonchev–Trinajstić information content (AvgIpc) is 2.59. The Morgan fingerprint density at radius 3 is 1.56 bits per heavy atom. The van der Waals surface area contributed by atoms with Gasteiger partial charge in [-0.25, -0.2) is 0 Å². The highest BCUT2D eigenvalue weighted by Crippen LogP contribution is 2.51. The molecule has 2 aliphatic rings. The van der Waals surface area contributed by atoms with Crippen LogP contribution in [0.25, 0.3) is 0 Å². The maximum Gasteiger partial charge on any atom is -0.0383 e. The zero-order valence-electron chi connectivity index (χ0n) is 6.43. The lowest BCUT2D eigenvalue weighted by atomic mass is 10.1. The molecule has 2 rings (SSSR count). The van der Waals surface area contributed by atoms with E-state index in [2.05, 4.69) is 13.8 Å². The molecule has 2 saturated carbocycles. The smallest absolute Gasteiger partial charge is 0.0383 e. The van der Waals surface area contributed by atoms with E-state index in [0.29, 0.717) is 0 Å². The predicted octanol–water partition coefficient (Wildman–Crippen LogP) is 2.69. The Balaban J connectivity index is 1.69. The van der Waals surface area contributed by atoms with E-state index in [-0.39, 0.29) is 0 Å². The van der Waals surface area contributed by atoms with Gasteiger partial charge in [-0.15, -0.1) is 0 Å². The van der Waals surface area contributed by atoms with Gasteiger partial charge in [0.1, 0.15) is 0 Å². The van der Waals surface area contributed by atoms with Crippen LogP contribution >= 0.6 is 0 Å². The SMILES string of the molecule is C[C@@H]1CC1CC1C[C@@H]1C. The molecule has 0 N–H and O–H groups in total. The van der Waals surface area contributed by atoms with Crippen molar-refractivity contribution in [1.82, 2.24) is 0 Å². The molecule has 0 bridgehead atoms. The number of rotatable bonds is 2. The number of hydrogen-bond acceptors (Lipinski definition) is 0. The molecule has 0 aromatic rings. The first-order valence-electron chi connectivity index (χ1n) is 4.27. The van der Waals surface area contributed by atoms with Gasteiger partial charge in [-0.2, -0.15) is 0 Å². The molecule has 0 aromatic heterocycles. The summed E-state index contributed by atoms with van der Waals surface area (Å²) in [4.78, 5) is 0. The summed E-state index contributed by atoms with van der Waals surface area (Å²) in [7, 11) is 0. The van der Waals surface area contributed by atoms with Crippen molar-refractivity contribution in [3.05, 3.63) is 0 Å². The minimum absolute atomic E-state index is 1.08. The van der Waals surface area contributed by atoms with Gasteiger partial charge in [0.05, 0.1) is 0 Å². The topological polar surface area (TPSA) is 0 Å². The average molecular weight is 124 g/mol. The first-order valence-corrected chi connectivity index (χ1v) is 4.27. The summed E-state index contributed by atoms with van der Waals surface area (Å²) in [6.45, 7) is 4.77. The molecule has 2 unspecified atom stereocenters. The van der Waals surface area contributed by atoms with Gasteiger partial charge in [0, 0.05) is 0 Å². The molecule has 0 saturated heterocycles. The molecule has 52 valence electrons. The standard InChI is InChI=1S/C9H16/c1-6-3-8(6)5-9-4-7(9)2/h6-9H,3-5H2,1-2H3/t6-,7+,8?,9?. The molecule has 0 amide bonds.